The summed E-state index contributed by atoms with van der Waals surface area (Å²) in [5, 5.41) is 21.2. The second-order valence-corrected chi connectivity index (χ2v) is 9.92. The SMILES string of the molecule is COC(=O)[C@H]1CC[C@H]2[C@@H]3[C@H](O)C[C@@H]4C[C@H](O)CC[C@]4(C)[C@H]3CC[C@]12C. The first kappa shape index (κ1) is 17.8. The third-order valence-corrected chi connectivity index (χ3v) is 9.14. The third-order valence-electron chi connectivity index (χ3n) is 9.14. The molecule has 0 aromatic heterocycles. The Morgan fingerprint density at radius 1 is 0.960 bits per heavy atom. The van der Waals surface area contributed by atoms with E-state index in [1.165, 1.54) is 7.11 Å². The Bertz CT molecular complexity index is 548. The van der Waals surface area contributed by atoms with Crippen molar-refractivity contribution in [2.45, 2.75) is 77.4 Å². The minimum atomic E-state index is -0.283. The maximum absolute atomic E-state index is 12.3. The van der Waals surface area contributed by atoms with Crippen LogP contribution in [0.15, 0.2) is 0 Å². The summed E-state index contributed by atoms with van der Waals surface area (Å²) in [6, 6.07) is 0. The van der Waals surface area contributed by atoms with Crippen molar-refractivity contribution in [2.24, 2.45) is 40.4 Å². The van der Waals surface area contributed by atoms with Crippen molar-refractivity contribution >= 4 is 5.97 Å². The number of esters is 1. The molecule has 0 aromatic carbocycles. The van der Waals surface area contributed by atoms with Crippen molar-refractivity contribution in [3.05, 3.63) is 0 Å². The van der Waals surface area contributed by atoms with E-state index in [1.54, 1.807) is 0 Å². The van der Waals surface area contributed by atoms with E-state index < -0.39 is 0 Å². The van der Waals surface area contributed by atoms with Crippen LogP contribution in [0.25, 0.3) is 0 Å². The molecule has 4 nitrogen and oxygen atoms in total. The molecule has 4 fully saturated rings. The Morgan fingerprint density at radius 2 is 1.64 bits per heavy atom. The molecule has 4 aliphatic carbocycles. The van der Waals surface area contributed by atoms with Gasteiger partial charge in [0.05, 0.1) is 25.2 Å². The van der Waals surface area contributed by atoms with Gasteiger partial charge in [-0.2, -0.15) is 0 Å². The Labute approximate surface area is 151 Å². The van der Waals surface area contributed by atoms with Gasteiger partial charge >= 0.3 is 5.97 Å². The molecule has 0 unspecified atom stereocenters. The highest BCUT2D eigenvalue weighted by Gasteiger charge is 2.63. The number of carbonyl (C=O) groups excluding carboxylic acids is 1. The Morgan fingerprint density at radius 3 is 2.36 bits per heavy atom. The van der Waals surface area contributed by atoms with Crippen molar-refractivity contribution in [1.82, 2.24) is 0 Å². The summed E-state index contributed by atoms with van der Waals surface area (Å²) < 4.78 is 5.10. The highest BCUT2D eigenvalue weighted by Crippen LogP contribution is 2.67. The summed E-state index contributed by atoms with van der Waals surface area (Å²) in [6.07, 6.45) is 7.30. The summed E-state index contributed by atoms with van der Waals surface area (Å²) in [5.74, 6) is 1.64. The molecule has 0 saturated heterocycles. The average molecular weight is 350 g/mol. The zero-order valence-electron chi connectivity index (χ0n) is 15.9. The smallest absolute Gasteiger partial charge is 0.309 e. The van der Waals surface area contributed by atoms with Crippen molar-refractivity contribution in [3.8, 4) is 0 Å². The molecular weight excluding hydrogens is 316 g/mol. The van der Waals surface area contributed by atoms with Gasteiger partial charge in [-0.3, -0.25) is 4.79 Å². The lowest BCUT2D eigenvalue weighted by molar-refractivity contribution is -0.178. The number of carbonyl (C=O) groups is 1. The summed E-state index contributed by atoms with van der Waals surface area (Å²) in [6.45, 7) is 4.69. The molecule has 25 heavy (non-hydrogen) atoms. The second-order valence-electron chi connectivity index (χ2n) is 9.92. The van der Waals surface area contributed by atoms with Gasteiger partial charge in [-0.15, -0.1) is 0 Å². The van der Waals surface area contributed by atoms with Crippen LogP contribution in [-0.4, -0.2) is 35.5 Å². The number of aliphatic hydroxyl groups is 2. The number of aliphatic hydroxyl groups excluding tert-OH is 2. The van der Waals surface area contributed by atoms with Crippen LogP contribution in [0.2, 0.25) is 0 Å². The molecule has 0 aromatic rings. The molecule has 0 spiro atoms. The van der Waals surface area contributed by atoms with Gasteiger partial charge in [0, 0.05) is 0 Å². The number of ether oxygens (including phenoxy) is 1. The molecular formula is C21H34O4. The minimum absolute atomic E-state index is 0.00522. The predicted octanol–water partition coefficient (Wildman–Crippen LogP) is 3.15. The van der Waals surface area contributed by atoms with Crippen LogP contribution in [0.5, 0.6) is 0 Å². The van der Waals surface area contributed by atoms with Crippen LogP contribution in [0.4, 0.5) is 0 Å². The number of hydrogen-bond donors (Lipinski definition) is 2. The third kappa shape index (κ3) is 2.43. The zero-order valence-corrected chi connectivity index (χ0v) is 15.9. The van der Waals surface area contributed by atoms with Crippen molar-refractivity contribution in [1.29, 1.82) is 0 Å². The van der Waals surface area contributed by atoms with E-state index in [1.807, 2.05) is 0 Å². The number of rotatable bonds is 1. The van der Waals surface area contributed by atoms with Crippen molar-refractivity contribution < 1.29 is 19.7 Å². The largest absolute Gasteiger partial charge is 0.469 e. The highest BCUT2D eigenvalue weighted by atomic mass is 16.5. The van der Waals surface area contributed by atoms with Gasteiger partial charge < -0.3 is 14.9 Å². The maximum atomic E-state index is 12.3. The van der Waals surface area contributed by atoms with E-state index in [0.717, 1.165) is 51.4 Å². The van der Waals surface area contributed by atoms with Gasteiger partial charge in [-0.1, -0.05) is 13.8 Å². The van der Waals surface area contributed by atoms with E-state index in [9.17, 15) is 15.0 Å². The second kappa shape index (κ2) is 5.95. The molecule has 4 heteroatoms. The first-order valence-corrected chi connectivity index (χ1v) is 10.2. The van der Waals surface area contributed by atoms with E-state index in [-0.39, 0.29) is 34.9 Å². The fraction of sp³-hybridized carbons (Fsp3) is 0.952. The van der Waals surface area contributed by atoms with Gasteiger partial charge in [0.2, 0.25) is 0 Å². The first-order valence-electron chi connectivity index (χ1n) is 10.2. The predicted molar refractivity (Wildman–Crippen MR) is 94.6 cm³/mol. The van der Waals surface area contributed by atoms with E-state index in [4.69, 9.17) is 4.74 Å². The molecule has 0 amide bonds. The van der Waals surface area contributed by atoms with Gasteiger partial charge in [0.1, 0.15) is 0 Å². The fourth-order valence-corrected chi connectivity index (χ4v) is 7.73. The van der Waals surface area contributed by atoms with E-state index >= 15 is 0 Å². The number of hydrogen-bond acceptors (Lipinski definition) is 4. The summed E-state index contributed by atoms with van der Waals surface area (Å²) in [5.41, 5.74) is 0.223. The van der Waals surface area contributed by atoms with Crippen molar-refractivity contribution in [3.63, 3.8) is 0 Å². The summed E-state index contributed by atoms with van der Waals surface area (Å²) in [7, 11) is 1.50. The molecule has 0 radical (unpaired) electrons. The number of fused-ring (bicyclic) bond motifs is 5. The van der Waals surface area contributed by atoms with Crippen LogP contribution >= 0.6 is 0 Å². The van der Waals surface area contributed by atoms with Crippen LogP contribution in [-0.2, 0) is 9.53 Å². The lowest BCUT2D eigenvalue weighted by Crippen LogP contribution is -2.58. The Balaban J connectivity index is 1.64. The normalized spacial score (nSPS) is 55.0. The summed E-state index contributed by atoms with van der Waals surface area (Å²) in [4.78, 5) is 12.3. The van der Waals surface area contributed by atoms with Gasteiger partial charge in [-0.05, 0) is 85.9 Å². The van der Waals surface area contributed by atoms with Gasteiger partial charge in [0.15, 0.2) is 0 Å². The topological polar surface area (TPSA) is 66.8 Å². The monoisotopic (exact) mass is 350 g/mol. The fourth-order valence-electron chi connectivity index (χ4n) is 7.73. The van der Waals surface area contributed by atoms with E-state index in [0.29, 0.717) is 23.7 Å². The van der Waals surface area contributed by atoms with Crippen LogP contribution in [0, 0.1) is 40.4 Å². The van der Waals surface area contributed by atoms with Gasteiger partial charge in [0.25, 0.3) is 0 Å². The summed E-state index contributed by atoms with van der Waals surface area (Å²) >= 11 is 0. The molecule has 4 rings (SSSR count). The molecule has 0 bridgehead atoms. The molecule has 4 aliphatic rings. The Hall–Kier alpha value is -0.610. The first-order chi connectivity index (χ1) is 11.8. The molecule has 2 N–H and O–H groups in total. The number of methoxy groups -OCH3 is 1. The minimum Gasteiger partial charge on any atom is -0.469 e. The van der Waals surface area contributed by atoms with E-state index in [2.05, 4.69) is 13.8 Å². The highest BCUT2D eigenvalue weighted by molar-refractivity contribution is 5.73. The van der Waals surface area contributed by atoms with Crippen molar-refractivity contribution in [2.75, 3.05) is 7.11 Å². The zero-order chi connectivity index (χ0) is 18.0. The molecule has 9 atom stereocenters. The van der Waals surface area contributed by atoms with Gasteiger partial charge in [-0.25, -0.2) is 0 Å². The standard InChI is InChI=1S/C21H34O4/c1-20-8-6-13(22)10-12(20)11-17(23)18-14-4-5-16(19(24)25-3)21(14,2)9-7-15(18)20/h12-18,22-23H,4-11H2,1-3H3/t12-,13+,14-,15-,16+,17+,18-,20-,21-/m0/s1. The molecule has 142 valence electrons. The molecule has 0 heterocycles. The maximum Gasteiger partial charge on any atom is 0.309 e. The quantitative estimate of drug-likeness (QED) is 0.713. The van der Waals surface area contributed by atoms with Crippen LogP contribution < -0.4 is 0 Å². The van der Waals surface area contributed by atoms with Crippen LogP contribution in [0.3, 0.4) is 0 Å². The molecule has 0 aliphatic heterocycles. The average Bonchev–Trinajstić information content (AvgIpc) is 2.93. The molecule has 4 saturated carbocycles. The lowest BCUT2D eigenvalue weighted by atomic mass is 9.44. The Kier molecular flexibility index (Phi) is 4.23. The van der Waals surface area contributed by atoms with Crippen LogP contribution in [0.1, 0.15) is 65.2 Å². The lowest BCUT2D eigenvalue weighted by Gasteiger charge is -2.62.